The number of benzene rings is 3. The van der Waals surface area contributed by atoms with E-state index < -0.39 is 17.1 Å². The molecule has 4 atom stereocenters. The largest absolute Gasteiger partial charge is 0.480 e. The monoisotopic (exact) mass is 548 g/mol. The van der Waals surface area contributed by atoms with Gasteiger partial charge in [-0.05, 0) is 79.3 Å². The second-order valence-corrected chi connectivity index (χ2v) is 12.8. The van der Waals surface area contributed by atoms with Gasteiger partial charge >= 0.3 is 0 Å². The first kappa shape index (κ1) is 25.2. The Morgan fingerprint density at radius 2 is 1.78 bits per heavy atom. The lowest BCUT2D eigenvalue weighted by Crippen LogP contribution is -2.76. The third-order valence-electron chi connectivity index (χ3n) is 10.6. The van der Waals surface area contributed by atoms with Gasteiger partial charge in [0.05, 0.1) is 16.6 Å². The predicted octanol–water partition coefficient (Wildman–Crippen LogP) is 4.46. The molecular weight excluding hydrogens is 512 g/mol. The molecule has 3 aromatic carbocycles. The van der Waals surface area contributed by atoms with Crippen LogP contribution in [0.3, 0.4) is 0 Å². The highest BCUT2D eigenvalue weighted by Gasteiger charge is 2.73. The van der Waals surface area contributed by atoms with Crippen molar-refractivity contribution in [3.05, 3.63) is 89.0 Å². The van der Waals surface area contributed by atoms with Crippen LogP contribution < -0.4 is 10.1 Å². The summed E-state index contributed by atoms with van der Waals surface area (Å²) in [5.41, 5.74) is 4.27. The summed E-state index contributed by atoms with van der Waals surface area (Å²) in [4.78, 5) is 29.3. The summed E-state index contributed by atoms with van der Waals surface area (Å²) in [5, 5.41) is 15.5. The number of piperidine rings is 1. The third kappa shape index (κ3) is 3.76. The van der Waals surface area contributed by atoms with E-state index >= 15 is 0 Å². The number of Topliss-reactive ketones (excluding diaryl/α,β-unsaturated/α-hetero) is 1. The van der Waals surface area contributed by atoms with Gasteiger partial charge < -0.3 is 15.2 Å². The van der Waals surface area contributed by atoms with Gasteiger partial charge in [-0.15, -0.1) is 0 Å². The number of carbonyl (C=O) groups is 2. The van der Waals surface area contributed by atoms with Crippen LogP contribution in [0.1, 0.15) is 59.2 Å². The number of hydrogen-bond donors (Lipinski definition) is 2. The van der Waals surface area contributed by atoms with Gasteiger partial charge in [0, 0.05) is 31.1 Å². The Morgan fingerprint density at radius 3 is 2.56 bits per heavy atom. The molecule has 0 unspecified atom stereocenters. The zero-order chi connectivity index (χ0) is 27.8. The molecule has 2 aliphatic heterocycles. The number of amides is 1. The van der Waals surface area contributed by atoms with Crippen LogP contribution in [-0.4, -0.2) is 59.1 Å². The highest BCUT2D eigenvalue weighted by atomic mass is 16.5. The molecule has 2 heterocycles. The molecule has 6 heteroatoms. The van der Waals surface area contributed by atoms with Gasteiger partial charge in [-0.25, -0.2) is 0 Å². The Balaban J connectivity index is 1.04. The lowest BCUT2D eigenvalue weighted by molar-refractivity contribution is -0.188. The molecule has 1 spiro atoms. The SMILES string of the molecule is O=C(NCCc1ccc(-c2ccccc2)cc1)c1ccc2c3c1O[C@H]1C(=O)CC[C@@]4(O)[C@@H](C2)N(CC2CC2)CC[C@]314. The van der Waals surface area contributed by atoms with Crippen LogP contribution in [-0.2, 0) is 23.1 Å². The maximum Gasteiger partial charge on any atom is 0.255 e. The first-order valence-electron chi connectivity index (χ1n) is 15.2. The standard InChI is InChI=1S/C35H36N2O4/c38-28-14-16-35(40)29-20-26-12-13-27(31-30(26)34(35,32(28)41-31)17-19-37(29)21-23-6-7-23)33(39)36-18-15-22-8-10-25(11-9-22)24-4-2-1-3-5-24/h1-5,8-13,23,29,32,40H,6-7,14-21H2,(H,36,39)/t29-,32+,34+,35-/m1/s1. The highest BCUT2D eigenvalue weighted by molar-refractivity contribution is 5.99. The molecule has 3 fully saturated rings. The third-order valence-corrected chi connectivity index (χ3v) is 10.6. The van der Waals surface area contributed by atoms with Crippen LogP contribution in [0.15, 0.2) is 66.7 Å². The molecule has 3 aromatic rings. The molecule has 3 aliphatic carbocycles. The number of likely N-dealkylation sites (tertiary alicyclic amines) is 1. The topological polar surface area (TPSA) is 78.9 Å². The van der Waals surface area contributed by atoms with Crippen LogP contribution in [0.2, 0.25) is 0 Å². The molecule has 5 aliphatic rings. The number of nitrogens with zero attached hydrogens (tertiary/aromatic N) is 1. The second-order valence-electron chi connectivity index (χ2n) is 12.8. The minimum atomic E-state index is -1.02. The van der Waals surface area contributed by atoms with E-state index in [9.17, 15) is 14.7 Å². The second kappa shape index (κ2) is 9.27. The fourth-order valence-corrected chi connectivity index (χ4v) is 8.37. The summed E-state index contributed by atoms with van der Waals surface area (Å²) in [5.74, 6) is 1.12. The molecule has 1 saturated heterocycles. The van der Waals surface area contributed by atoms with Crippen molar-refractivity contribution >= 4 is 11.7 Å². The Morgan fingerprint density at radius 1 is 1.00 bits per heavy atom. The average molecular weight is 549 g/mol. The van der Waals surface area contributed by atoms with Crippen molar-refractivity contribution in [2.24, 2.45) is 5.92 Å². The van der Waals surface area contributed by atoms with Gasteiger partial charge in [0.25, 0.3) is 5.91 Å². The molecule has 1 amide bonds. The molecule has 2 saturated carbocycles. The lowest BCUT2D eigenvalue weighted by atomic mass is 9.49. The Labute approximate surface area is 240 Å². The number of ketones is 1. The summed E-state index contributed by atoms with van der Waals surface area (Å²) < 4.78 is 6.47. The fourth-order valence-electron chi connectivity index (χ4n) is 8.37. The Kier molecular flexibility index (Phi) is 5.71. The lowest BCUT2D eigenvalue weighted by Gasteiger charge is -2.62. The summed E-state index contributed by atoms with van der Waals surface area (Å²) in [6.45, 7) is 2.38. The van der Waals surface area contributed by atoms with E-state index in [0.29, 0.717) is 43.5 Å². The molecule has 8 rings (SSSR count). The highest BCUT2D eigenvalue weighted by Crippen LogP contribution is 2.64. The molecule has 0 aromatic heterocycles. The van der Waals surface area contributed by atoms with Gasteiger partial charge in [-0.3, -0.25) is 14.5 Å². The average Bonchev–Trinajstić information content (AvgIpc) is 3.74. The molecule has 210 valence electrons. The maximum absolute atomic E-state index is 13.5. The molecule has 0 radical (unpaired) electrons. The zero-order valence-electron chi connectivity index (χ0n) is 23.3. The number of carbonyl (C=O) groups excluding carboxylic acids is 2. The summed E-state index contributed by atoms with van der Waals surface area (Å²) in [7, 11) is 0. The van der Waals surface area contributed by atoms with Crippen molar-refractivity contribution in [1.29, 1.82) is 0 Å². The van der Waals surface area contributed by atoms with Gasteiger partial charge in [0.1, 0.15) is 5.75 Å². The van der Waals surface area contributed by atoms with Crippen LogP contribution in [0.5, 0.6) is 5.75 Å². The number of aliphatic hydroxyl groups is 1. The number of hydrogen-bond acceptors (Lipinski definition) is 5. The Hall–Kier alpha value is -3.48. The minimum absolute atomic E-state index is 0.0116. The molecule has 6 nitrogen and oxygen atoms in total. The number of rotatable bonds is 7. The number of nitrogens with one attached hydrogen (secondary N) is 1. The van der Waals surface area contributed by atoms with Crippen molar-refractivity contribution in [3.63, 3.8) is 0 Å². The summed E-state index contributed by atoms with van der Waals surface area (Å²) in [6.07, 6.45) is 4.76. The molecule has 41 heavy (non-hydrogen) atoms. The van der Waals surface area contributed by atoms with Gasteiger partial charge in [0.15, 0.2) is 11.9 Å². The van der Waals surface area contributed by atoms with E-state index in [4.69, 9.17) is 4.74 Å². The van der Waals surface area contributed by atoms with Crippen LogP contribution in [0.4, 0.5) is 0 Å². The number of ether oxygens (including phenoxy) is 1. The molecule has 2 bridgehead atoms. The van der Waals surface area contributed by atoms with Gasteiger partial charge in [0.2, 0.25) is 0 Å². The van der Waals surface area contributed by atoms with Crippen molar-refractivity contribution < 1.29 is 19.4 Å². The van der Waals surface area contributed by atoms with E-state index in [1.165, 1.54) is 24.0 Å². The quantitative estimate of drug-likeness (QED) is 0.456. The summed E-state index contributed by atoms with van der Waals surface area (Å²) >= 11 is 0. The van der Waals surface area contributed by atoms with Gasteiger partial charge in [-0.2, -0.15) is 0 Å². The fraction of sp³-hybridized carbons (Fsp3) is 0.429. The van der Waals surface area contributed by atoms with Crippen molar-refractivity contribution in [2.75, 3.05) is 19.6 Å². The van der Waals surface area contributed by atoms with Crippen molar-refractivity contribution in [3.8, 4) is 16.9 Å². The van der Waals surface area contributed by atoms with Crippen LogP contribution >= 0.6 is 0 Å². The smallest absolute Gasteiger partial charge is 0.255 e. The van der Waals surface area contributed by atoms with E-state index in [-0.39, 0.29) is 17.7 Å². The predicted molar refractivity (Wildman–Crippen MR) is 156 cm³/mol. The van der Waals surface area contributed by atoms with E-state index in [2.05, 4.69) is 52.7 Å². The van der Waals surface area contributed by atoms with Crippen LogP contribution in [0.25, 0.3) is 11.1 Å². The minimum Gasteiger partial charge on any atom is -0.480 e. The van der Waals surface area contributed by atoms with Crippen molar-refractivity contribution in [1.82, 2.24) is 10.2 Å². The Bertz CT molecular complexity index is 1530. The van der Waals surface area contributed by atoms with Crippen LogP contribution in [0, 0.1) is 5.92 Å². The van der Waals surface area contributed by atoms with Gasteiger partial charge in [-0.1, -0.05) is 60.7 Å². The maximum atomic E-state index is 13.5. The summed E-state index contributed by atoms with van der Waals surface area (Å²) in [6, 6.07) is 22.6. The molecular formula is C35H36N2O4. The van der Waals surface area contributed by atoms with Crippen molar-refractivity contribution in [2.45, 2.75) is 68.1 Å². The first-order valence-corrected chi connectivity index (χ1v) is 15.2. The first-order chi connectivity index (χ1) is 20.0. The normalized spacial score (nSPS) is 29.5. The van der Waals surface area contributed by atoms with E-state index in [1.807, 2.05) is 24.3 Å². The molecule has 2 N–H and O–H groups in total. The van der Waals surface area contributed by atoms with E-state index in [0.717, 1.165) is 42.1 Å². The zero-order valence-corrected chi connectivity index (χ0v) is 23.3. The van der Waals surface area contributed by atoms with E-state index in [1.54, 1.807) is 0 Å².